The maximum Gasteiger partial charge on any atom is 0.279 e. The normalized spacial score (nSPS) is 10.8. The molecule has 0 unspecified atom stereocenters. The Morgan fingerprint density at radius 1 is 1.03 bits per heavy atom. The van der Waals surface area contributed by atoms with Crippen LogP contribution in [0.15, 0.2) is 54.6 Å². The lowest BCUT2D eigenvalue weighted by molar-refractivity contribution is -0.395. The Bertz CT molecular complexity index is 1350. The van der Waals surface area contributed by atoms with E-state index in [0.29, 0.717) is 10.6 Å². The van der Waals surface area contributed by atoms with Gasteiger partial charge < -0.3 is 10.4 Å². The predicted octanol–water partition coefficient (Wildman–Crippen LogP) is 5.05. The van der Waals surface area contributed by atoms with Crippen molar-refractivity contribution in [2.24, 2.45) is 0 Å². The van der Waals surface area contributed by atoms with Crippen molar-refractivity contribution in [2.75, 3.05) is 5.32 Å². The fraction of sp³-hybridized carbons (Fsp3) is 0.0476. The molecule has 1 amide bonds. The van der Waals surface area contributed by atoms with Gasteiger partial charge in [0.25, 0.3) is 17.3 Å². The van der Waals surface area contributed by atoms with E-state index >= 15 is 0 Å². The highest BCUT2D eigenvalue weighted by atomic mass is 32.1. The van der Waals surface area contributed by atoms with Gasteiger partial charge in [-0.15, -0.1) is 11.3 Å². The number of aromatic nitrogens is 1. The van der Waals surface area contributed by atoms with E-state index in [2.05, 4.69) is 10.3 Å². The number of para-hydroxylation sites is 1. The van der Waals surface area contributed by atoms with Crippen LogP contribution in [-0.2, 0) is 0 Å². The number of nitrogens with one attached hydrogen (secondary N) is 1. The zero-order valence-corrected chi connectivity index (χ0v) is 17.3. The topological polar surface area (TPSA) is 148 Å². The lowest BCUT2D eigenvalue weighted by Gasteiger charge is -2.09. The van der Waals surface area contributed by atoms with Crippen LogP contribution in [0.25, 0.3) is 20.8 Å². The van der Waals surface area contributed by atoms with Crippen molar-refractivity contribution in [3.8, 4) is 16.3 Å². The number of thiazole rings is 1. The van der Waals surface area contributed by atoms with Crippen molar-refractivity contribution < 1.29 is 19.7 Å². The third-order valence-electron chi connectivity index (χ3n) is 4.79. The van der Waals surface area contributed by atoms with Crippen LogP contribution in [0, 0.1) is 27.2 Å². The van der Waals surface area contributed by atoms with Gasteiger partial charge in [-0.25, -0.2) is 4.98 Å². The van der Waals surface area contributed by atoms with Crippen molar-refractivity contribution in [1.82, 2.24) is 4.98 Å². The Labute approximate surface area is 184 Å². The average Bonchev–Trinajstić information content (AvgIpc) is 3.17. The van der Waals surface area contributed by atoms with Gasteiger partial charge in [-0.05, 0) is 31.2 Å². The molecule has 0 saturated heterocycles. The number of benzene rings is 3. The summed E-state index contributed by atoms with van der Waals surface area (Å²) in [7, 11) is 0. The molecule has 4 aromatic rings. The number of nitro benzene ring substituents is 2. The summed E-state index contributed by atoms with van der Waals surface area (Å²) in [5.74, 6) is -0.911. The first kappa shape index (κ1) is 20.9. The van der Waals surface area contributed by atoms with Gasteiger partial charge in [-0.1, -0.05) is 12.1 Å². The van der Waals surface area contributed by atoms with Gasteiger partial charge in [-0.3, -0.25) is 25.0 Å². The highest BCUT2D eigenvalue weighted by molar-refractivity contribution is 7.21. The number of nitrogens with zero attached hydrogens (tertiary/aromatic N) is 3. The summed E-state index contributed by atoms with van der Waals surface area (Å²) in [5, 5.41) is 36.0. The molecule has 0 aliphatic rings. The minimum Gasteiger partial charge on any atom is -0.507 e. The molecule has 160 valence electrons. The number of rotatable bonds is 5. The highest BCUT2D eigenvalue weighted by Crippen LogP contribution is 2.37. The maximum atomic E-state index is 12.6. The first-order valence-corrected chi connectivity index (χ1v) is 10.00. The van der Waals surface area contributed by atoms with Crippen molar-refractivity contribution in [1.29, 1.82) is 0 Å². The van der Waals surface area contributed by atoms with Crippen LogP contribution in [-0.4, -0.2) is 25.8 Å². The summed E-state index contributed by atoms with van der Waals surface area (Å²) in [6.45, 7) is 1.25. The lowest BCUT2D eigenvalue weighted by atomic mass is 10.1. The zero-order chi connectivity index (χ0) is 23.0. The molecule has 2 N–H and O–H groups in total. The Hall–Kier alpha value is -4.38. The second kappa shape index (κ2) is 8.04. The number of phenols is 1. The van der Waals surface area contributed by atoms with Gasteiger partial charge in [0.15, 0.2) is 0 Å². The molecule has 1 aromatic heterocycles. The number of carbonyl (C=O) groups is 1. The number of hydrogen-bond acceptors (Lipinski definition) is 8. The summed E-state index contributed by atoms with van der Waals surface area (Å²) in [6, 6.07) is 13.9. The van der Waals surface area contributed by atoms with Gasteiger partial charge in [0.2, 0.25) is 0 Å². The maximum absolute atomic E-state index is 12.6. The van der Waals surface area contributed by atoms with E-state index in [1.807, 2.05) is 24.3 Å². The first-order valence-electron chi connectivity index (χ1n) is 9.18. The van der Waals surface area contributed by atoms with E-state index in [1.54, 1.807) is 6.07 Å². The van der Waals surface area contributed by atoms with Crippen LogP contribution in [0.2, 0.25) is 0 Å². The zero-order valence-electron chi connectivity index (χ0n) is 16.4. The molecule has 0 fully saturated rings. The standard InChI is InChI=1S/C21H14N4O6S/c1-11-16(24(28)29)8-12(9-17(11)25(30)31)20(27)22-13-6-7-14(18(26)10-13)21-23-15-4-2-3-5-19(15)32-21/h2-10,26H,1H3,(H,22,27). The number of phenolic OH excluding ortho intramolecular Hbond substituents is 1. The number of fused-ring (bicyclic) bond motifs is 1. The van der Waals surface area contributed by atoms with Crippen LogP contribution in [0.1, 0.15) is 15.9 Å². The van der Waals surface area contributed by atoms with E-state index in [1.165, 1.54) is 30.4 Å². The molecule has 4 rings (SSSR count). The fourth-order valence-corrected chi connectivity index (χ4v) is 4.17. The van der Waals surface area contributed by atoms with Crippen molar-refractivity contribution in [3.63, 3.8) is 0 Å². The van der Waals surface area contributed by atoms with Crippen molar-refractivity contribution in [3.05, 3.63) is 86.0 Å². The molecule has 32 heavy (non-hydrogen) atoms. The molecular formula is C21H14N4O6S. The Balaban J connectivity index is 1.63. The third-order valence-corrected chi connectivity index (χ3v) is 5.86. The molecule has 0 radical (unpaired) electrons. The molecule has 0 saturated carbocycles. The summed E-state index contributed by atoms with van der Waals surface area (Å²) < 4.78 is 0.960. The van der Waals surface area contributed by atoms with E-state index in [9.17, 15) is 30.1 Å². The molecule has 0 bridgehead atoms. The van der Waals surface area contributed by atoms with Crippen molar-refractivity contribution in [2.45, 2.75) is 6.92 Å². The monoisotopic (exact) mass is 450 g/mol. The van der Waals surface area contributed by atoms with Gasteiger partial charge in [0.1, 0.15) is 16.3 Å². The number of hydrogen-bond donors (Lipinski definition) is 2. The second-order valence-electron chi connectivity index (χ2n) is 6.83. The van der Waals surface area contributed by atoms with Gasteiger partial charge in [0.05, 0.1) is 31.2 Å². The summed E-state index contributed by atoms with van der Waals surface area (Å²) >= 11 is 1.40. The number of anilines is 1. The number of nitro groups is 2. The van der Waals surface area contributed by atoms with Gasteiger partial charge in [-0.2, -0.15) is 0 Å². The van der Waals surface area contributed by atoms with Crippen LogP contribution >= 0.6 is 11.3 Å². The largest absolute Gasteiger partial charge is 0.507 e. The second-order valence-corrected chi connectivity index (χ2v) is 7.86. The van der Waals surface area contributed by atoms with E-state index < -0.39 is 27.1 Å². The quantitative estimate of drug-likeness (QED) is 0.319. The minimum absolute atomic E-state index is 0.122. The SMILES string of the molecule is Cc1c([N+](=O)[O-])cc(C(=O)Nc2ccc(-c3nc4ccccc4s3)c(O)c2)cc1[N+](=O)[O-]. The Morgan fingerprint density at radius 2 is 1.69 bits per heavy atom. The molecule has 3 aromatic carbocycles. The molecule has 10 nitrogen and oxygen atoms in total. The number of aromatic hydroxyl groups is 1. The third kappa shape index (κ3) is 3.84. The molecule has 0 aliphatic carbocycles. The van der Waals surface area contributed by atoms with E-state index in [4.69, 9.17) is 0 Å². The summed E-state index contributed by atoms with van der Waals surface area (Å²) in [4.78, 5) is 38.0. The van der Waals surface area contributed by atoms with Crippen LogP contribution in [0.5, 0.6) is 5.75 Å². The van der Waals surface area contributed by atoms with Gasteiger partial charge >= 0.3 is 0 Å². The summed E-state index contributed by atoms with van der Waals surface area (Å²) in [6.07, 6.45) is 0. The van der Waals surface area contributed by atoms with Crippen LogP contribution < -0.4 is 5.32 Å². The van der Waals surface area contributed by atoms with Crippen LogP contribution in [0.4, 0.5) is 17.1 Å². The molecule has 1 heterocycles. The minimum atomic E-state index is -0.789. The molecule has 0 aliphatic heterocycles. The number of amides is 1. The average molecular weight is 450 g/mol. The van der Waals surface area contributed by atoms with Crippen molar-refractivity contribution >= 4 is 44.5 Å². The first-order chi connectivity index (χ1) is 15.2. The molecule has 11 heteroatoms. The Kier molecular flexibility index (Phi) is 5.24. The predicted molar refractivity (Wildman–Crippen MR) is 119 cm³/mol. The van der Waals surface area contributed by atoms with E-state index in [0.717, 1.165) is 22.3 Å². The molecular weight excluding hydrogens is 436 g/mol. The fourth-order valence-electron chi connectivity index (χ4n) is 3.18. The van der Waals surface area contributed by atoms with E-state index in [-0.39, 0.29) is 22.6 Å². The Morgan fingerprint density at radius 3 is 2.28 bits per heavy atom. The highest BCUT2D eigenvalue weighted by Gasteiger charge is 2.25. The smallest absolute Gasteiger partial charge is 0.279 e. The lowest BCUT2D eigenvalue weighted by Crippen LogP contribution is -2.13. The molecule has 0 atom stereocenters. The van der Waals surface area contributed by atoms with Crippen LogP contribution in [0.3, 0.4) is 0 Å². The summed E-state index contributed by atoms with van der Waals surface area (Å²) in [5.41, 5.74) is 0.0378. The number of carbonyl (C=O) groups excluding carboxylic acids is 1. The molecule has 0 spiro atoms. The van der Waals surface area contributed by atoms with Gasteiger partial charge in [0, 0.05) is 23.9 Å².